The Kier molecular flexibility index (Phi) is 4.29. The molecule has 0 aromatic carbocycles. The number of allylic oxidation sites excluding steroid dienone is 2. The molecular formula is C17H28O3. The summed E-state index contributed by atoms with van der Waals surface area (Å²) in [6.07, 6.45) is 4.83. The topological polar surface area (TPSA) is 46.5 Å². The lowest BCUT2D eigenvalue weighted by Gasteiger charge is -2.39. The largest absolute Gasteiger partial charge is 0.462 e. The minimum absolute atomic E-state index is 0.0255. The number of aliphatic hydroxyl groups is 1. The van der Waals surface area contributed by atoms with E-state index in [1.807, 2.05) is 6.92 Å². The van der Waals surface area contributed by atoms with Crippen molar-refractivity contribution in [2.75, 3.05) is 0 Å². The van der Waals surface area contributed by atoms with Crippen LogP contribution in [0.25, 0.3) is 0 Å². The fourth-order valence-electron chi connectivity index (χ4n) is 4.20. The van der Waals surface area contributed by atoms with Crippen LogP contribution in [0.2, 0.25) is 0 Å². The zero-order valence-electron chi connectivity index (χ0n) is 13.3. The molecule has 0 amide bonds. The first-order chi connectivity index (χ1) is 9.24. The third-order valence-electron chi connectivity index (χ3n) is 5.34. The molecule has 3 heteroatoms. The Morgan fingerprint density at radius 2 is 2.15 bits per heavy atom. The highest BCUT2D eigenvalue weighted by Gasteiger charge is 2.52. The van der Waals surface area contributed by atoms with Crippen LogP contribution in [0.15, 0.2) is 11.6 Å². The summed E-state index contributed by atoms with van der Waals surface area (Å²) >= 11 is 0. The SMILES string of the molecule is CC(=O)O[C@H]1[C@H]2[C@H](CC[C@]2(C)O)C(C)=CC[C@H]1C(C)C. The molecule has 5 atom stereocenters. The Hall–Kier alpha value is -0.830. The van der Waals surface area contributed by atoms with Gasteiger partial charge in [-0.3, -0.25) is 4.79 Å². The molecule has 114 valence electrons. The number of hydrogen-bond acceptors (Lipinski definition) is 3. The van der Waals surface area contributed by atoms with Gasteiger partial charge in [-0.15, -0.1) is 0 Å². The number of ether oxygens (including phenoxy) is 1. The Morgan fingerprint density at radius 3 is 2.70 bits per heavy atom. The molecule has 0 heterocycles. The average molecular weight is 280 g/mol. The fourth-order valence-corrected chi connectivity index (χ4v) is 4.20. The van der Waals surface area contributed by atoms with Gasteiger partial charge in [0.05, 0.1) is 5.60 Å². The number of rotatable bonds is 2. The Labute approximate surface area is 122 Å². The first-order valence-electron chi connectivity index (χ1n) is 7.80. The Bertz CT molecular complexity index is 408. The van der Waals surface area contributed by atoms with E-state index >= 15 is 0 Å². The maximum atomic E-state index is 11.6. The van der Waals surface area contributed by atoms with Crippen LogP contribution in [-0.4, -0.2) is 22.8 Å². The van der Waals surface area contributed by atoms with Crippen LogP contribution in [0.4, 0.5) is 0 Å². The van der Waals surface area contributed by atoms with Gasteiger partial charge in [0, 0.05) is 18.8 Å². The molecule has 0 bridgehead atoms. The van der Waals surface area contributed by atoms with Crippen LogP contribution < -0.4 is 0 Å². The summed E-state index contributed by atoms with van der Waals surface area (Å²) in [6.45, 7) is 9.89. The number of fused-ring (bicyclic) bond motifs is 1. The van der Waals surface area contributed by atoms with Crippen molar-refractivity contribution < 1.29 is 14.6 Å². The van der Waals surface area contributed by atoms with Crippen molar-refractivity contribution >= 4 is 5.97 Å². The molecule has 1 saturated carbocycles. The second-order valence-corrected chi connectivity index (χ2v) is 7.19. The van der Waals surface area contributed by atoms with Gasteiger partial charge in [-0.2, -0.15) is 0 Å². The monoisotopic (exact) mass is 280 g/mol. The maximum Gasteiger partial charge on any atom is 0.302 e. The lowest BCUT2D eigenvalue weighted by molar-refractivity contribution is -0.161. The molecule has 0 saturated heterocycles. The maximum absolute atomic E-state index is 11.6. The summed E-state index contributed by atoms with van der Waals surface area (Å²) in [5.41, 5.74) is 0.616. The summed E-state index contributed by atoms with van der Waals surface area (Å²) in [5.74, 6) is 0.851. The Morgan fingerprint density at radius 1 is 1.50 bits per heavy atom. The van der Waals surface area contributed by atoms with Crippen molar-refractivity contribution in [3.63, 3.8) is 0 Å². The molecule has 0 aromatic heterocycles. The van der Waals surface area contributed by atoms with E-state index in [0.29, 0.717) is 11.8 Å². The smallest absolute Gasteiger partial charge is 0.302 e. The molecule has 20 heavy (non-hydrogen) atoms. The highest BCUT2D eigenvalue weighted by molar-refractivity contribution is 5.66. The van der Waals surface area contributed by atoms with Gasteiger partial charge >= 0.3 is 5.97 Å². The van der Waals surface area contributed by atoms with Crippen molar-refractivity contribution in [3.8, 4) is 0 Å². The van der Waals surface area contributed by atoms with E-state index in [1.54, 1.807) is 0 Å². The van der Waals surface area contributed by atoms with Crippen molar-refractivity contribution in [3.05, 3.63) is 11.6 Å². The van der Waals surface area contributed by atoms with E-state index in [1.165, 1.54) is 12.5 Å². The number of esters is 1. The summed E-state index contributed by atoms with van der Waals surface area (Å²) in [4.78, 5) is 11.6. The third-order valence-corrected chi connectivity index (χ3v) is 5.34. The van der Waals surface area contributed by atoms with Crippen LogP contribution in [0.3, 0.4) is 0 Å². The van der Waals surface area contributed by atoms with E-state index in [4.69, 9.17) is 4.74 Å². The summed E-state index contributed by atoms with van der Waals surface area (Å²) < 4.78 is 5.71. The standard InChI is InChI=1S/C17H28O3/c1-10(2)13-7-6-11(3)14-8-9-17(5,19)15(14)16(13)20-12(4)18/h6,10,13-16,19H,7-9H2,1-5H3/t13-,14+,15+,16+,17-/m0/s1. The van der Waals surface area contributed by atoms with Gasteiger partial charge in [-0.05, 0) is 44.9 Å². The third kappa shape index (κ3) is 2.78. The predicted octanol–water partition coefficient (Wildman–Crippen LogP) is 3.32. The molecule has 0 unspecified atom stereocenters. The summed E-state index contributed by atoms with van der Waals surface area (Å²) in [7, 11) is 0. The van der Waals surface area contributed by atoms with E-state index in [0.717, 1.165) is 19.3 Å². The predicted molar refractivity (Wildman–Crippen MR) is 79.1 cm³/mol. The first kappa shape index (κ1) is 15.6. The van der Waals surface area contributed by atoms with E-state index in [-0.39, 0.29) is 23.9 Å². The first-order valence-corrected chi connectivity index (χ1v) is 7.80. The van der Waals surface area contributed by atoms with E-state index in [2.05, 4.69) is 26.8 Å². The molecule has 0 radical (unpaired) electrons. The van der Waals surface area contributed by atoms with Crippen LogP contribution in [0.1, 0.15) is 53.9 Å². The molecule has 0 spiro atoms. The van der Waals surface area contributed by atoms with Crippen molar-refractivity contribution in [2.24, 2.45) is 23.7 Å². The molecule has 2 rings (SSSR count). The molecular weight excluding hydrogens is 252 g/mol. The van der Waals surface area contributed by atoms with Gasteiger partial charge < -0.3 is 9.84 Å². The van der Waals surface area contributed by atoms with Crippen LogP contribution in [0, 0.1) is 23.7 Å². The highest BCUT2D eigenvalue weighted by atomic mass is 16.5. The molecule has 2 aliphatic carbocycles. The summed E-state index contributed by atoms with van der Waals surface area (Å²) in [6, 6.07) is 0. The van der Waals surface area contributed by atoms with E-state index < -0.39 is 5.60 Å². The van der Waals surface area contributed by atoms with Crippen LogP contribution in [0.5, 0.6) is 0 Å². The minimum Gasteiger partial charge on any atom is -0.462 e. The van der Waals surface area contributed by atoms with Crippen molar-refractivity contribution in [1.82, 2.24) is 0 Å². The molecule has 3 nitrogen and oxygen atoms in total. The summed E-state index contributed by atoms with van der Waals surface area (Å²) in [5, 5.41) is 10.8. The van der Waals surface area contributed by atoms with E-state index in [9.17, 15) is 9.90 Å². The zero-order chi connectivity index (χ0) is 15.1. The highest BCUT2D eigenvalue weighted by Crippen LogP contribution is 2.50. The number of hydrogen-bond donors (Lipinski definition) is 1. The quantitative estimate of drug-likeness (QED) is 0.623. The normalized spacial score (nSPS) is 41.0. The van der Waals surface area contributed by atoms with Crippen molar-refractivity contribution in [2.45, 2.75) is 65.6 Å². The van der Waals surface area contributed by atoms with Gasteiger partial charge in [-0.1, -0.05) is 25.5 Å². The Balaban J connectivity index is 2.41. The second-order valence-electron chi connectivity index (χ2n) is 7.19. The fraction of sp³-hybridized carbons (Fsp3) is 0.824. The molecule has 1 N–H and O–H groups in total. The molecule has 0 aromatic rings. The van der Waals surface area contributed by atoms with Gasteiger partial charge in [0.15, 0.2) is 0 Å². The van der Waals surface area contributed by atoms with Gasteiger partial charge in [0.1, 0.15) is 6.10 Å². The van der Waals surface area contributed by atoms with Crippen LogP contribution in [-0.2, 0) is 9.53 Å². The van der Waals surface area contributed by atoms with Gasteiger partial charge in [0.25, 0.3) is 0 Å². The average Bonchev–Trinajstić information content (AvgIpc) is 2.54. The zero-order valence-corrected chi connectivity index (χ0v) is 13.3. The van der Waals surface area contributed by atoms with Gasteiger partial charge in [0.2, 0.25) is 0 Å². The lowest BCUT2D eigenvalue weighted by Crippen LogP contribution is -2.46. The molecule has 2 aliphatic rings. The van der Waals surface area contributed by atoms with Crippen LogP contribution >= 0.6 is 0 Å². The lowest BCUT2D eigenvalue weighted by atomic mass is 9.74. The molecule has 1 fully saturated rings. The second kappa shape index (κ2) is 5.51. The molecule has 0 aliphatic heterocycles. The van der Waals surface area contributed by atoms with Crippen molar-refractivity contribution in [1.29, 1.82) is 0 Å². The number of carbonyl (C=O) groups is 1. The number of carbonyl (C=O) groups excluding carboxylic acids is 1. The minimum atomic E-state index is -0.739. The van der Waals surface area contributed by atoms with Gasteiger partial charge in [-0.25, -0.2) is 0 Å².